The molecule has 0 bridgehead atoms. The summed E-state index contributed by atoms with van der Waals surface area (Å²) in [7, 11) is 1.59. The molecule has 0 atom stereocenters. The van der Waals surface area contributed by atoms with Crippen LogP contribution in [0.1, 0.15) is 18.1 Å². The molecule has 0 unspecified atom stereocenters. The smallest absolute Gasteiger partial charge is 0.278 e. The lowest BCUT2D eigenvalue weighted by Crippen LogP contribution is -2.25. The minimum Gasteiger partial charge on any atom is -0.497 e. The van der Waals surface area contributed by atoms with Gasteiger partial charge < -0.3 is 14.6 Å². The molecule has 0 radical (unpaired) electrons. The van der Waals surface area contributed by atoms with E-state index in [9.17, 15) is 14.0 Å². The van der Waals surface area contributed by atoms with E-state index in [2.05, 4.69) is 17.2 Å². The number of hydrogen-bond donors (Lipinski definition) is 1. The first-order chi connectivity index (χ1) is 17.5. The number of aryl methyl sites for hydroxylation is 1. The number of fused-ring (bicyclic) bond motifs is 3. The predicted octanol–water partition coefficient (Wildman–Crippen LogP) is 4.75. The van der Waals surface area contributed by atoms with Gasteiger partial charge in [-0.15, -0.1) is 0 Å². The molecule has 0 aliphatic rings. The Kier molecular flexibility index (Phi) is 6.25. The van der Waals surface area contributed by atoms with Gasteiger partial charge in [0.2, 0.25) is 5.91 Å². The Morgan fingerprint density at radius 1 is 1.03 bits per heavy atom. The molecule has 0 fully saturated rings. The minimum absolute atomic E-state index is 0.120. The number of aromatic nitrogens is 3. The second kappa shape index (κ2) is 9.65. The third-order valence-corrected chi connectivity index (χ3v) is 6.25. The lowest BCUT2D eigenvalue weighted by atomic mass is 10.1. The molecule has 7 nitrogen and oxygen atoms in total. The Morgan fingerprint density at radius 2 is 1.75 bits per heavy atom. The van der Waals surface area contributed by atoms with Gasteiger partial charge in [-0.05, 0) is 60.0 Å². The standard InChI is InChI=1S/C28H25FN4O3/c1-3-18-4-9-21(10-5-18)31-25(34)16-33-24-13-8-20(29)14-23(24)26-27(33)28(35)32(17-30-26)15-19-6-11-22(36-2)12-7-19/h4-14,17H,3,15-16H2,1-2H3,(H,31,34). The number of methoxy groups -OCH3 is 1. The quantitative estimate of drug-likeness (QED) is 0.362. The molecule has 0 saturated carbocycles. The van der Waals surface area contributed by atoms with Crippen molar-refractivity contribution in [3.8, 4) is 5.75 Å². The molecule has 0 aliphatic heterocycles. The summed E-state index contributed by atoms with van der Waals surface area (Å²) in [5, 5.41) is 3.37. The van der Waals surface area contributed by atoms with Crippen LogP contribution in [-0.2, 0) is 24.3 Å². The van der Waals surface area contributed by atoms with E-state index in [0.717, 1.165) is 17.7 Å². The van der Waals surface area contributed by atoms with Gasteiger partial charge in [0.1, 0.15) is 29.1 Å². The summed E-state index contributed by atoms with van der Waals surface area (Å²) in [4.78, 5) is 31.1. The maximum Gasteiger partial charge on any atom is 0.278 e. The number of amides is 1. The monoisotopic (exact) mass is 484 g/mol. The first kappa shape index (κ1) is 23.3. The molecule has 1 N–H and O–H groups in total. The molecule has 2 heterocycles. The van der Waals surface area contributed by atoms with E-state index in [-0.39, 0.29) is 30.1 Å². The highest BCUT2D eigenvalue weighted by atomic mass is 19.1. The van der Waals surface area contributed by atoms with Gasteiger partial charge >= 0.3 is 0 Å². The van der Waals surface area contributed by atoms with Crippen LogP contribution >= 0.6 is 0 Å². The highest BCUT2D eigenvalue weighted by Gasteiger charge is 2.19. The largest absolute Gasteiger partial charge is 0.497 e. The van der Waals surface area contributed by atoms with E-state index in [1.54, 1.807) is 17.7 Å². The Labute approximate surface area is 206 Å². The van der Waals surface area contributed by atoms with Crippen molar-refractivity contribution in [2.24, 2.45) is 0 Å². The van der Waals surface area contributed by atoms with Gasteiger partial charge in [-0.1, -0.05) is 31.2 Å². The maximum absolute atomic E-state index is 14.1. The molecule has 5 aromatic rings. The van der Waals surface area contributed by atoms with Crippen molar-refractivity contribution in [3.63, 3.8) is 0 Å². The van der Waals surface area contributed by atoms with Crippen molar-refractivity contribution in [3.05, 3.63) is 100 Å². The zero-order valence-corrected chi connectivity index (χ0v) is 20.0. The molecule has 0 spiro atoms. The first-order valence-corrected chi connectivity index (χ1v) is 11.7. The summed E-state index contributed by atoms with van der Waals surface area (Å²) in [6.45, 7) is 2.23. The lowest BCUT2D eigenvalue weighted by molar-refractivity contribution is -0.116. The Morgan fingerprint density at radius 3 is 2.44 bits per heavy atom. The van der Waals surface area contributed by atoms with Crippen LogP contribution < -0.4 is 15.6 Å². The van der Waals surface area contributed by atoms with Crippen LogP contribution in [-0.4, -0.2) is 27.1 Å². The highest BCUT2D eigenvalue weighted by molar-refractivity contribution is 6.06. The van der Waals surface area contributed by atoms with E-state index >= 15 is 0 Å². The highest BCUT2D eigenvalue weighted by Crippen LogP contribution is 2.26. The molecule has 5 rings (SSSR count). The average molecular weight is 485 g/mol. The van der Waals surface area contributed by atoms with Gasteiger partial charge in [0.05, 0.1) is 25.5 Å². The van der Waals surface area contributed by atoms with Gasteiger partial charge in [-0.2, -0.15) is 0 Å². The van der Waals surface area contributed by atoms with Crippen molar-refractivity contribution in [2.45, 2.75) is 26.4 Å². The molecule has 3 aromatic carbocycles. The summed E-state index contributed by atoms with van der Waals surface area (Å²) >= 11 is 0. The van der Waals surface area contributed by atoms with E-state index < -0.39 is 5.82 Å². The fourth-order valence-corrected chi connectivity index (χ4v) is 4.34. The maximum atomic E-state index is 14.1. The number of nitrogens with zero attached hydrogens (tertiary/aromatic N) is 3. The van der Waals surface area contributed by atoms with Crippen molar-refractivity contribution >= 4 is 33.5 Å². The number of hydrogen-bond acceptors (Lipinski definition) is 4. The predicted molar refractivity (Wildman–Crippen MR) is 138 cm³/mol. The number of rotatable bonds is 7. The molecule has 8 heteroatoms. The molecule has 0 saturated heterocycles. The molecular weight excluding hydrogens is 459 g/mol. The van der Waals surface area contributed by atoms with E-state index in [0.29, 0.717) is 22.1 Å². The van der Waals surface area contributed by atoms with Gasteiger partial charge in [0, 0.05) is 11.1 Å². The van der Waals surface area contributed by atoms with Crippen LogP contribution in [0.15, 0.2) is 77.9 Å². The lowest BCUT2D eigenvalue weighted by Gasteiger charge is -2.10. The summed E-state index contributed by atoms with van der Waals surface area (Å²) in [6.07, 6.45) is 2.36. The number of halogens is 1. The fraction of sp³-hybridized carbons (Fsp3) is 0.179. The van der Waals surface area contributed by atoms with Crippen molar-refractivity contribution in [1.82, 2.24) is 14.1 Å². The second-order valence-corrected chi connectivity index (χ2v) is 8.57. The number of anilines is 1. The van der Waals surface area contributed by atoms with Crippen molar-refractivity contribution < 1.29 is 13.9 Å². The normalized spacial score (nSPS) is 11.2. The van der Waals surface area contributed by atoms with Crippen LogP contribution in [0, 0.1) is 5.82 Å². The Bertz CT molecular complexity index is 1620. The van der Waals surface area contributed by atoms with Crippen LogP contribution in [0.25, 0.3) is 21.9 Å². The zero-order chi connectivity index (χ0) is 25.2. The summed E-state index contributed by atoms with van der Waals surface area (Å²) in [5.74, 6) is -0.0178. The fourth-order valence-electron chi connectivity index (χ4n) is 4.34. The molecule has 0 aliphatic carbocycles. The van der Waals surface area contributed by atoms with Gasteiger partial charge in [-0.3, -0.25) is 14.2 Å². The second-order valence-electron chi connectivity index (χ2n) is 8.57. The third-order valence-electron chi connectivity index (χ3n) is 6.25. The zero-order valence-electron chi connectivity index (χ0n) is 20.0. The third kappa shape index (κ3) is 4.45. The van der Waals surface area contributed by atoms with E-state index in [1.165, 1.54) is 28.6 Å². The number of benzene rings is 3. The van der Waals surface area contributed by atoms with Crippen molar-refractivity contribution in [1.29, 1.82) is 0 Å². The average Bonchev–Trinajstić information content (AvgIpc) is 3.19. The van der Waals surface area contributed by atoms with Crippen LogP contribution in [0.3, 0.4) is 0 Å². The van der Waals surface area contributed by atoms with Gasteiger partial charge in [-0.25, -0.2) is 9.37 Å². The van der Waals surface area contributed by atoms with Gasteiger partial charge in [0.25, 0.3) is 5.56 Å². The summed E-state index contributed by atoms with van der Waals surface area (Å²) in [6, 6.07) is 19.2. The minimum atomic E-state index is -0.439. The first-order valence-electron chi connectivity index (χ1n) is 11.7. The molecule has 36 heavy (non-hydrogen) atoms. The van der Waals surface area contributed by atoms with Crippen LogP contribution in [0.5, 0.6) is 5.75 Å². The van der Waals surface area contributed by atoms with Gasteiger partial charge in [0.15, 0.2) is 0 Å². The SMILES string of the molecule is CCc1ccc(NC(=O)Cn2c3ccc(F)cc3c3ncn(Cc4ccc(OC)cc4)c(=O)c32)cc1. The Hall–Kier alpha value is -4.46. The van der Waals surface area contributed by atoms with E-state index in [4.69, 9.17) is 4.74 Å². The molecular formula is C28H25FN4O3. The Balaban J connectivity index is 1.54. The van der Waals surface area contributed by atoms with Crippen LogP contribution in [0.2, 0.25) is 0 Å². The number of carbonyl (C=O) groups is 1. The summed E-state index contributed by atoms with van der Waals surface area (Å²) < 4.78 is 22.4. The van der Waals surface area contributed by atoms with Crippen LogP contribution in [0.4, 0.5) is 10.1 Å². The molecule has 1 amide bonds. The summed E-state index contributed by atoms with van der Waals surface area (Å²) in [5.41, 5.74) is 3.59. The molecule has 182 valence electrons. The number of carbonyl (C=O) groups excluding carboxylic acids is 1. The number of ether oxygens (including phenoxy) is 1. The van der Waals surface area contributed by atoms with E-state index in [1.807, 2.05) is 48.5 Å². The number of nitrogens with one attached hydrogen (secondary N) is 1. The topological polar surface area (TPSA) is 78.2 Å². The van der Waals surface area contributed by atoms with Crippen molar-refractivity contribution in [2.75, 3.05) is 12.4 Å². The molecule has 2 aromatic heterocycles.